The molecule has 4 aromatic rings. The first-order valence-electron chi connectivity index (χ1n) is 13.6. The third-order valence-corrected chi connectivity index (χ3v) is 7.46. The van der Waals surface area contributed by atoms with E-state index in [1.165, 1.54) is 6.07 Å². The van der Waals surface area contributed by atoms with Gasteiger partial charge in [0.05, 0.1) is 25.9 Å². The molecule has 3 heterocycles. The topological polar surface area (TPSA) is 139 Å². The summed E-state index contributed by atoms with van der Waals surface area (Å²) in [5.41, 5.74) is 7.48. The van der Waals surface area contributed by atoms with Gasteiger partial charge in [-0.05, 0) is 50.1 Å². The molecule has 2 aromatic carbocycles. The van der Waals surface area contributed by atoms with Crippen LogP contribution >= 0.6 is 0 Å². The molecule has 222 valence electrons. The van der Waals surface area contributed by atoms with Crippen LogP contribution in [-0.4, -0.2) is 62.7 Å². The summed E-state index contributed by atoms with van der Waals surface area (Å²) in [6.07, 6.45) is -0.320. The van der Waals surface area contributed by atoms with Crippen LogP contribution in [0.25, 0.3) is 33.4 Å². The van der Waals surface area contributed by atoms with Crippen LogP contribution in [0.5, 0.6) is 5.75 Å². The quantitative estimate of drug-likeness (QED) is 0.253. The Morgan fingerprint density at radius 2 is 2.10 bits per heavy atom. The van der Waals surface area contributed by atoms with E-state index in [-0.39, 0.29) is 30.1 Å². The lowest BCUT2D eigenvalue weighted by atomic mass is 9.97. The van der Waals surface area contributed by atoms with Crippen molar-refractivity contribution in [1.29, 1.82) is 0 Å². The highest BCUT2D eigenvalue weighted by atomic mass is 32.2. The lowest BCUT2D eigenvalue weighted by Gasteiger charge is -2.35. The van der Waals surface area contributed by atoms with E-state index >= 15 is 8.78 Å². The van der Waals surface area contributed by atoms with Crippen molar-refractivity contribution in [3.8, 4) is 28.3 Å². The van der Waals surface area contributed by atoms with Crippen LogP contribution in [-0.2, 0) is 16.0 Å². The standard InChI is InChI=1S/C29H32F2N6O4S/c1-3-41-24-14-19(20-5-4-6-21(26(20)31)23(30)9-10-34-42(38)39)13-22-27(24)35-28(18-7-8-25(32)33-15-18)36-29(22)37-11-12-40-16-17(37)2/h4-8,13-15,17,23,34H,3,9-12,16H2,1-2H3,(H2,32,33)(H,38,39)/p-1. The van der Waals surface area contributed by atoms with Gasteiger partial charge in [0, 0.05) is 52.6 Å². The molecule has 3 N–H and O–H groups in total. The minimum Gasteiger partial charge on any atom is -0.760 e. The zero-order valence-electron chi connectivity index (χ0n) is 23.2. The Kier molecular flexibility index (Phi) is 9.21. The molecule has 0 spiro atoms. The van der Waals surface area contributed by atoms with Crippen LogP contribution in [0.1, 0.15) is 32.0 Å². The van der Waals surface area contributed by atoms with Crippen molar-refractivity contribution < 1.29 is 27.0 Å². The van der Waals surface area contributed by atoms with Crippen LogP contribution < -0.4 is 20.1 Å². The number of aromatic nitrogens is 3. The predicted molar refractivity (Wildman–Crippen MR) is 157 cm³/mol. The van der Waals surface area contributed by atoms with Gasteiger partial charge in [0.1, 0.15) is 34.9 Å². The molecule has 0 amide bonds. The first-order valence-corrected chi connectivity index (χ1v) is 14.6. The number of hydrogen-bond acceptors (Lipinski definition) is 9. The van der Waals surface area contributed by atoms with E-state index in [9.17, 15) is 8.76 Å². The zero-order chi connectivity index (χ0) is 29.8. The van der Waals surface area contributed by atoms with E-state index < -0.39 is 23.3 Å². The number of nitrogens with zero attached hydrogens (tertiary/aromatic N) is 4. The van der Waals surface area contributed by atoms with Crippen molar-refractivity contribution in [3.63, 3.8) is 0 Å². The molecule has 1 fully saturated rings. The first kappa shape index (κ1) is 29.7. The third kappa shape index (κ3) is 6.33. The van der Waals surface area contributed by atoms with E-state index in [0.717, 1.165) is 0 Å². The summed E-state index contributed by atoms with van der Waals surface area (Å²) in [6, 6.07) is 11.4. The number of anilines is 2. The van der Waals surface area contributed by atoms with Gasteiger partial charge in [-0.15, -0.1) is 0 Å². The maximum Gasteiger partial charge on any atom is 0.163 e. The van der Waals surface area contributed by atoms with Gasteiger partial charge in [-0.2, -0.15) is 0 Å². The Balaban J connectivity index is 1.68. The molecule has 10 nitrogen and oxygen atoms in total. The van der Waals surface area contributed by atoms with E-state index in [0.29, 0.717) is 71.6 Å². The second kappa shape index (κ2) is 13.0. The van der Waals surface area contributed by atoms with E-state index in [1.54, 1.807) is 42.6 Å². The van der Waals surface area contributed by atoms with Gasteiger partial charge in [-0.1, -0.05) is 18.2 Å². The number of nitrogen functional groups attached to an aromatic ring is 1. The van der Waals surface area contributed by atoms with Crippen molar-refractivity contribution in [1.82, 2.24) is 19.7 Å². The van der Waals surface area contributed by atoms with Gasteiger partial charge < -0.3 is 24.7 Å². The number of halogens is 2. The summed E-state index contributed by atoms with van der Waals surface area (Å²) < 4.78 is 66.2. The van der Waals surface area contributed by atoms with Gasteiger partial charge in [0.25, 0.3) is 0 Å². The van der Waals surface area contributed by atoms with Crippen molar-refractivity contribution in [2.24, 2.45) is 0 Å². The van der Waals surface area contributed by atoms with Gasteiger partial charge in [0.2, 0.25) is 0 Å². The number of benzene rings is 2. The molecule has 1 saturated heterocycles. The normalized spacial score (nSPS) is 16.9. The van der Waals surface area contributed by atoms with Gasteiger partial charge in [0.15, 0.2) is 5.82 Å². The predicted octanol–water partition coefficient (Wildman–Crippen LogP) is 4.49. The van der Waals surface area contributed by atoms with Crippen LogP contribution in [0, 0.1) is 5.82 Å². The molecule has 1 aliphatic heterocycles. The molecule has 0 radical (unpaired) electrons. The zero-order valence-corrected chi connectivity index (χ0v) is 24.0. The minimum absolute atomic E-state index is 0.00198. The molecule has 0 bridgehead atoms. The Labute approximate surface area is 244 Å². The van der Waals surface area contributed by atoms with Gasteiger partial charge in [-0.3, -0.25) is 4.21 Å². The number of hydrogen-bond donors (Lipinski definition) is 2. The van der Waals surface area contributed by atoms with E-state index in [4.69, 9.17) is 25.2 Å². The number of rotatable bonds is 10. The van der Waals surface area contributed by atoms with Crippen molar-refractivity contribution in [2.45, 2.75) is 32.5 Å². The Morgan fingerprint density at radius 1 is 1.26 bits per heavy atom. The second-order valence-corrected chi connectivity index (χ2v) is 10.6. The number of alkyl halides is 1. The highest BCUT2D eigenvalue weighted by Gasteiger charge is 2.26. The first-order chi connectivity index (χ1) is 20.3. The van der Waals surface area contributed by atoms with Crippen LogP contribution in [0.2, 0.25) is 0 Å². The molecule has 42 heavy (non-hydrogen) atoms. The molecule has 0 aliphatic carbocycles. The smallest absolute Gasteiger partial charge is 0.163 e. The summed E-state index contributed by atoms with van der Waals surface area (Å²) in [4.78, 5) is 16.1. The lowest BCUT2D eigenvalue weighted by Crippen LogP contribution is -2.44. The fourth-order valence-electron chi connectivity index (χ4n) is 4.97. The molecular weight excluding hydrogens is 566 g/mol. The second-order valence-electron chi connectivity index (χ2n) is 9.86. The largest absolute Gasteiger partial charge is 0.760 e. The number of morpholine rings is 1. The maximum absolute atomic E-state index is 15.8. The Hall–Kier alpha value is -3.78. The third-order valence-electron chi connectivity index (χ3n) is 7.02. The number of pyridine rings is 1. The summed E-state index contributed by atoms with van der Waals surface area (Å²) in [7, 11) is 0. The molecule has 13 heteroatoms. The molecular formula is C29H31F2N6O4S-. The average molecular weight is 598 g/mol. The molecule has 0 saturated carbocycles. The maximum atomic E-state index is 15.8. The average Bonchev–Trinajstić information content (AvgIpc) is 2.97. The molecule has 1 aliphatic rings. The van der Waals surface area contributed by atoms with Crippen LogP contribution in [0.15, 0.2) is 48.7 Å². The van der Waals surface area contributed by atoms with Gasteiger partial charge >= 0.3 is 0 Å². The minimum atomic E-state index is -2.53. The molecule has 2 aromatic heterocycles. The van der Waals surface area contributed by atoms with Crippen LogP contribution in [0.4, 0.5) is 20.4 Å². The van der Waals surface area contributed by atoms with Crippen molar-refractivity contribution in [2.75, 3.05) is 43.5 Å². The fraction of sp³-hybridized carbons (Fsp3) is 0.345. The summed E-state index contributed by atoms with van der Waals surface area (Å²) >= 11 is -2.53. The highest BCUT2D eigenvalue weighted by molar-refractivity contribution is 7.77. The number of fused-ring (bicyclic) bond motifs is 1. The highest BCUT2D eigenvalue weighted by Crippen LogP contribution is 2.40. The van der Waals surface area contributed by atoms with Crippen molar-refractivity contribution in [3.05, 3.63) is 60.0 Å². The lowest BCUT2D eigenvalue weighted by molar-refractivity contribution is 0.0987. The van der Waals surface area contributed by atoms with E-state index in [2.05, 4.69) is 14.6 Å². The number of ether oxygens (including phenoxy) is 2. The number of nitrogens with two attached hydrogens (primary N) is 1. The summed E-state index contributed by atoms with van der Waals surface area (Å²) in [5, 5.41) is 0.639. The monoisotopic (exact) mass is 597 g/mol. The van der Waals surface area contributed by atoms with E-state index in [1.807, 2.05) is 13.8 Å². The Bertz CT molecular complexity index is 1590. The molecule has 5 rings (SSSR count). The number of nitrogens with one attached hydrogen (secondary N) is 1. The Morgan fingerprint density at radius 3 is 2.81 bits per heavy atom. The van der Waals surface area contributed by atoms with Crippen molar-refractivity contribution >= 4 is 33.8 Å². The summed E-state index contributed by atoms with van der Waals surface area (Å²) in [5.74, 6) is 1.11. The molecule has 3 unspecified atom stereocenters. The summed E-state index contributed by atoms with van der Waals surface area (Å²) in [6.45, 7) is 5.64. The SMILES string of the molecule is CCOc1cc(-c2cccc(C(F)CCNS(=O)[O-])c2F)cc2c(N3CCOCC3C)nc(-c3ccc(N)nc3)nc12. The molecule has 3 atom stereocenters. The fourth-order valence-corrected chi connectivity index (χ4v) is 5.26. The van der Waals surface area contributed by atoms with Crippen LogP contribution in [0.3, 0.4) is 0 Å². The van der Waals surface area contributed by atoms with Gasteiger partial charge in [-0.25, -0.2) is 28.5 Å².